The molecule has 1 aliphatic heterocycles. The summed E-state index contributed by atoms with van der Waals surface area (Å²) in [5.41, 5.74) is 8.06. The maximum Gasteiger partial charge on any atom is 0.267 e. The van der Waals surface area contributed by atoms with Gasteiger partial charge in [-0.05, 0) is 18.1 Å². The Kier molecular flexibility index (Phi) is 4.88. The highest BCUT2D eigenvalue weighted by Gasteiger charge is 2.42. The maximum atomic E-state index is 12.1. The third-order valence-electron chi connectivity index (χ3n) is 5.25. The number of aliphatic hydroxyl groups is 1. The number of aromatic nitrogens is 3. The van der Waals surface area contributed by atoms with Crippen LogP contribution < -0.4 is 5.73 Å². The summed E-state index contributed by atoms with van der Waals surface area (Å²) in [6.45, 7) is 4.61. The van der Waals surface area contributed by atoms with Crippen LogP contribution in [0, 0.1) is 11.8 Å². The molecule has 30 heavy (non-hydrogen) atoms. The number of pyridine rings is 1. The number of rotatable bonds is 2. The number of nitrogens with two attached hydrogens (primary N) is 1. The highest BCUT2D eigenvalue weighted by atomic mass is 16.3. The molecule has 0 aliphatic carbocycles. The molecule has 1 saturated heterocycles. The minimum atomic E-state index is -1.63. The molecule has 3 heterocycles. The minimum Gasteiger partial charge on any atom is -0.397 e. The lowest BCUT2D eigenvalue weighted by atomic mass is 10.0. The number of likely N-dealkylation sites (tertiary alicyclic amines) is 1. The van der Waals surface area contributed by atoms with Crippen LogP contribution in [-0.2, 0) is 4.79 Å². The van der Waals surface area contributed by atoms with Gasteiger partial charge in [0.1, 0.15) is 0 Å². The number of likely N-dealkylation sites (N-methyl/N-ethyl adjacent to an activating group) is 1. The van der Waals surface area contributed by atoms with Crippen LogP contribution >= 0.6 is 0 Å². The Bertz CT molecular complexity index is 1210. The fourth-order valence-corrected chi connectivity index (χ4v) is 3.57. The molecule has 1 aliphatic rings. The molecule has 3 aromatic rings. The van der Waals surface area contributed by atoms with E-state index in [1.54, 1.807) is 19.4 Å². The van der Waals surface area contributed by atoms with Crippen molar-refractivity contribution in [2.75, 3.05) is 19.3 Å². The number of amides is 1. The lowest BCUT2D eigenvalue weighted by Gasteiger charge is -2.13. The smallest absolute Gasteiger partial charge is 0.267 e. The second-order valence-corrected chi connectivity index (χ2v) is 7.88. The first-order valence-electron chi connectivity index (χ1n) is 9.81. The maximum absolute atomic E-state index is 12.1. The Morgan fingerprint density at radius 3 is 2.77 bits per heavy atom. The van der Waals surface area contributed by atoms with Gasteiger partial charge >= 0.3 is 0 Å². The summed E-state index contributed by atoms with van der Waals surface area (Å²) in [5.74, 6) is 6.03. The van der Waals surface area contributed by atoms with E-state index in [0.29, 0.717) is 35.6 Å². The van der Waals surface area contributed by atoms with E-state index in [4.69, 9.17) is 10.7 Å². The first-order chi connectivity index (χ1) is 14.3. The van der Waals surface area contributed by atoms with Crippen LogP contribution in [-0.4, -0.2) is 50.1 Å². The number of hydrogen-bond donors (Lipinski definition) is 2. The fraction of sp³-hybridized carbons (Fsp3) is 0.304. The zero-order chi connectivity index (χ0) is 21.5. The van der Waals surface area contributed by atoms with Crippen molar-refractivity contribution in [3.8, 4) is 23.2 Å². The Labute approximate surface area is 175 Å². The van der Waals surface area contributed by atoms with Crippen LogP contribution in [0.4, 0.5) is 5.69 Å². The van der Waals surface area contributed by atoms with Crippen LogP contribution in [0.5, 0.6) is 0 Å². The van der Waals surface area contributed by atoms with Gasteiger partial charge in [0, 0.05) is 36.5 Å². The van der Waals surface area contributed by atoms with E-state index in [0.717, 1.165) is 16.6 Å². The van der Waals surface area contributed by atoms with Gasteiger partial charge in [0.05, 0.1) is 29.3 Å². The number of anilines is 1. The molecule has 0 radical (unpaired) electrons. The summed E-state index contributed by atoms with van der Waals surface area (Å²) in [6, 6.07) is 7.43. The summed E-state index contributed by atoms with van der Waals surface area (Å²) >= 11 is 0. The van der Waals surface area contributed by atoms with Crippen molar-refractivity contribution in [2.24, 2.45) is 0 Å². The second kappa shape index (κ2) is 7.39. The molecule has 152 valence electrons. The summed E-state index contributed by atoms with van der Waals surface area (Å²) in [5, 5.41) is 11.3. The molecule has 1 fully saturated rings. The van der Waals surface area contributed by atoms with E-state index in [9.17, 15) is 9.90 Å². The molecule has 4 rings (SSSR count). The first-order valence-corrected chi connectivity index (χ1v) is 9.81. The molecule has 1 atom stereocenters. The van der Waals surface area contributed by atoms with Gasteiger partial charge in [-0.15, -0.1) is 0 Å². The predicted molar refractivity (Wildman–Crippen MR) is 115 cm³/mol. The minimum absolute atomic E-state index is 0.154. The molecule has 0 spiro atoms. The van der Waals surface area contributed by atoms with Gasteiger partial charge in [-0.1, -0.05) is 37.8 Å². The highest BCUT2D eigenvalue weighted by molar-refractivity contribution is 5.92. The molecule has 0 bridgehead atoms. The Balaban J connectivity index is 1.76. The van der Waals surface area contributed by atoms with E-state index < -0.39 is 5.60 Å². The number of hydrogen-bond acceptors (Lipinski definition) is 6. The number of carbonyl (C=O) groups is 1. The molecule has 2 aromatic heterocycles. The number of nitrogen functional groups attached to an aromatic ring is 1. The van der Waals surface area contributed by atoms with Crippen LogP contribution in [0.3, 0.4) is 0 Å². The predicted octanol–water partition coefficient (Wildman–Crippen LogP) is 2.34. The normalized spacial score (nSPS) is 18.7. The fourth-order valence-electron chi connectivity index (χ4n) is 3.57. The lowest BCUT2D eigenvalue weighted by Crippen LogP contribution is -2.37. The van der Waals surface area contributed by atoms with E-state index >= 15 is 0 Å². The monoisotopic (exact) mass is 401 g/mol. The topological polar surface area (TPSA) is 105 Å². The molecule has 1 amide bonds. The molecule has 0 unspecified atom stereocenters. The summed E-state index contributed by atoms with van der Waals surface area (Å²) in [6.07, 6.45) is 3.60. The van der Waals surface area contributed by atoms with Gasteiger partial charge in [0.2, 0.25) is 5.60 Å². The number of nitrogens with zero attached hydrogens (tertiary/aromatic N) is 4. The molecule has 7 nitrogen and oxygen atoms in total. The second-order valence-electron chi connectivity index (χ2n) is 7.88. The zero-order valence-electron chi connectivity index (χ0n) is 17.2. The van der Waals surface area contributed by atoms with Crippen molar-refractivity contribution in [3.05, 3.63) is 47.9 Å². The van der Waals surface area contributed by atoms with E-state index in [1.165, 1.54) is 4.90 Å². The highest BCUT2D eigenvalue weighted by Crippen LogP contribution is 2.29. The quantitative estimate of drug-likeness (QED) is 0.639. The number of fused-ring (bicyclic) bond motifs is 1. The van der Waals surface area contributed by atoms with Crippen molar-refractivity contribution >= 4 is 22.5 Å². The first kappa shape index (κ1) is 19.8. The molecule has 7 heteroatoms. The molecule has 0 saturated carbocycles. The van der Waals surface area contributed by atoms with Crippen molar-refractivity contribution < 1.29 is 9.90 Å². The number of benzene rings is 1. The van der Waals surface area contributed by atoms with E-state index in [2.05, 4.69) is 35.7 Å². The standard InChI is InChI=1S/C23H23N5O2/c1-14(2)20-19-17(24)12-25-13-18(19)26-21(27-20)16-6-4-5-15(11-16)7-8-23(30)9-10-28(3)22(23)29/h4-6,11-14,30H,9-10,24H2,1-3H3/t23-/m0/s1. The largest absolute Gasteiger partial charge is 0.397 e. The molecular formula is C23H23N5O2. The SMILES string of the molecule is CC(C)c1nc(-c2cccc(C#C[C@]3(O)CCN(C)C3=O)c2)nc2cncc(N)c12. The van der Waals surface area contributed by atoms with Crippen molar-refractivity contribution in [1.82, 2.24) is 19.9 Å². The van der Waals surface area contributed by atoms with E-state index in [1.807, 2.05) is 24.3 Å². The van der Waals surface area contributed by atoms with Gasteiger partial charge in [-0.25, -0.2) is 9.97 Å². The Morgan fingerprint density at radius 1 is 1.27 bits per heavy atom. The van der Waals surface area contributed by atoms with Crippen LogP contribution in [0.2, 0.25) is 0 Å². The van der Waals surface area contributed by atoms with Crippen molar-refractivity contribution in [1.29, 1.82) is 0 Å². The van der Waals surface area contributed by atoms with Crippen molar-refractivity contribution in [3.63, 3.8) is 0 Å². The van der Waals surface area contributed by atoms with Crippen molar-refractivity contribution in [2.45, 2.75) is 31.8 Å². The average molecular weight is 401 g/mol. The van der Waals surface area contributed by atoms with Gasteiger partial charge in [-0.2, -0.15) is 0 Å². The summed E-state index contributed by atoms with van der Waals surface area (Å²) < 4.78 is 0. The molecule has 3 N–H and O–H groups in total. The third-order valence-corrected chi connectivity index (χ3v) is 5.25. The van der Waals surface area contributed by atoms with Crippen LogP contribution in [0.15, 0.2) is 36.7 Å². The van der Waals surface area contributed by atoms with Crippen LogP contribution in [0.25, 0.3) is 22.3 Å². The Hall–Kier alpha value is -3.50. The third kappa shape index (κ3) is 3.46. The number of carbonyl (C=O) groups excluding carboxylic acids is 1. The van der Waals surface area contributed by atoms with Gasteiger partial charge in [0.25, 0.3) is 5.91 Å². The van der Waals surface area contributed by atoms with Crippen LogP contribution in [0.1, 0.15) is 37.4 Å². The van der Waals surface area contributed by atoms with Gasteiger partial charge in [-0.3, -0.25) is 9.78 Å². The average Bonchev–Trinajstić information content (AvgIpc) is 3.00. The molecular weight excluding hydrogens is 378 g/mol. The molecule has 1 aromatic carbocycles. The van der Waals surface area contributed by atoms with Gasteiger partial charge in [0.15, 0.2) is 5.82 Å². The summed E-state index contributed by atoms with van der Waals surface area (Å²) in [7, 11) is 1.66. The zero-order valence-corrected chi connectivity index (χ0v) is 17.2. The van der Waals surface area contributed by atoms with Gasteiger partial charge < -0.3 is 15.7 Å². The summed E-state index contributed by atoms with van der Waals surface area (Å²) in [4.78, 5) is 27.2. The Morgan fingerprint density at radius 2 is 2.07 bits per heavy atom. The van der Waals surface area contributed by atoms with E-state index in [-0.39, 0.29) is 11.8 Å². The lowest BCUT2D eigenvalue weighted by molar-refractivity contribution is -0.137.